The molecule has 0 bridgehead atoms. The third kappa shape index (κ3) is 3.86. The normalized spacial score (nSPS) is 13.4. The molecule has 0 aromatic rings. The van der Waals surface area contributed by atoms with Gasteiger partial charge in [0.05, 0.1) is 0 Å². The zero-order valence-electron chi connectivity index (χ0n) is 4.68. The summed E-state index contributed by atoms with van der Waals surface area (Å²) in [5, 5.41) is 0.498. The van der Waals surface area contributed by atoms with Crippen LogP contribution in [-0.2, 0) is 4.79 Å². The van der Waals surface area contributed by atoms with Crippen molar-refractivity contribution in [2.45, 2.75) is 25.5 Å². The molecule has 0 aromatic carbocycles. The molecule has 0 fully saturated rings. The molecule has 0 aliphatic carbocycles. The molecule has 0 N–H and O–H groups in total. The van der Waals surface area contributed by atoms with Gasteiger partial charge in [0.15, 0.2) is 5.62 Å². The zero-order chi connectivity index (χ0) is 5.70. The molecule has 1 unspecified atom stereocenters. The van der Waals surface area contributed by atoms with Crippen molar-refractivity contribution in [3.05, 3.63) is 0 Å². The third-order valence-corrected chi connectivity index (χ3v) is 1.77. The lowest BCUT2D eigenvalue weighted by atomic mass is 10.4. The summed E-state index contributed by atoms with van der Waals surface area (Å²) in [5.41, 5.74) is 0.897. The molecular formula is C5H10OS. The Hall–Kier alpha value is 0.0200. The van der Waals surface area contributed by atoms with Gasteiger partial charge in [-0.25, -0.2) is 0 Å². The van der Waals surface area contributed by atoms with Crippen molar-refractivity contribution in [1.29, 1.82) is 0 Å². The van der Waals surface area contributed by atoms with E-state index in [2.05, 4.69) is 6.92 Å². The number of rotatable bonds is 3. The van der Waals surface area contributed by atoms with Crippen molar-refractivity contribution in [3.8, 4) is 0 Å². The van der Waals surface area contributed by atoms with Gasteiger partial charge in [-0.2, -0.15) is 0 Å². The van der Waals surface area contributed by atoms with Crippen LogP contribution in [0.5, 0.6) is 0 Å². The highest BCUT2D eigenvalue weighted by Gasteiger charge is 1.93. The standard InChI is InChI=1S/C5H10OS/c1-3-5(2)7-4-6/h4-5H,3H2,1-2H3. The minimum Gasteiger partial charge on any atom is -0.291 e. The largest absolute Gasteiger partial charge is 0.291 e. The van der Waals surface area contributed by atoms with E-state index in [0.29, 0.717) is 5.25 Å². The van der Waals surface area contributed by atoms with Gasteiger partial charge in [-0.3, -0.25) is 4.79 Å². The highest BCUT2D eigenvalue weighted by molar-refractivity contribution is 8.12. The summed E-state index contributed by atoms with van der Waals surface area (Å²) in [7, 11) is 0. The van der Waals surface area contributed by atoms with Crippen LogP contribution in [0.3, 0.4) is 0 Å². The van der Waals surface area contributed by atoms with Crippen LogP contribution in [0.1, 0.15) is 20.3 Å². The lowest BCUT2D eigenvalue weighted by molar-refractivity contribution is 0.569. The lowest BCUT2D eigenvalue weighted by Crippen LogP contribution is -1.90. The van der Waals surface area contributed by atoms with Crippen LogP contribution in [0.25, 0.3) is 0 Å². The molecule has 0 saturated heterocycles. The van der Waals surface area contributed by atoms with Crippen molar-refractivity contribution in [2.75, 3.05) is 0 Å². The van der Waals surface area contributed by atoms with Crippen molar-refractivity contribution >= 4 is 17.4 Å². The molecule has 0 radical (unpaired) electrons. The molecule has 0 saturated carbocycles. The van der Waals surface area contributed by atoms with Gasteiger partial charge in [-0.05, 0) is 6.42 Å². The summed E-state index contributed by atoms with van der Waals surface area (Å²) < 4.78 is 0. The Labute approximate surface area is 48.5 Å². The topological polar surface area (TPSA) is 17.1 Å². The molecule has 0 aliphatic rings. The summed E-state index contributed by atoms with van der Waals surface area (Å²) in [6.07, 6.45) is 1.07. The summed E-state index contributed by atoms with van der Waals surface area (Å²) in [6, 6.07) is 0. The molecule has 1 nitrogen and oxygen atoms in total. The number of carbonyl (C=O) groups excluding carboxylic acids is 1. The Bertz CT molecular complexity index is 54.0. The summed E-state index contributed by atoms with van der Waals surface area (Å²) in [4.78, 5) is 9.74. The monoisotopic (exact) mass is 118 g/mol. The molecule has 0 amide bonds. The quantitative estimate of drug-likeness (QED) is 0.525. The third-order valence-electron chi connectivity index (χ3n) is 0.863. The molecule has 2 heteroatoms. The Morgan fingerprint density at radius 1 is 1.86 bits per heavy atom. The van der Waals surface area contributed by atoms with Gasteiger partial charge in [0.1, 0.15) is 0 Å². The smallest absolute Gasteiger partial charge is 0.176 e. The minimum absolute atomic E-state index is 0.498. The Kier molecular flexibility index (Phi) is 4.20. The maximum Gasteiger partial charge on any atom is 0.176 e. The number of hydrogen-bond acceptors (Lipinski definition) is 2. The maximum atomic E-state index is 9.74. The summed E-state index contributed by atoms with van der Waals surface area (Å²) in [5.74, 6) is 0. The van der Waals surface area contributed by atoms with E-state index in [0.717, 1.165) is 12.0 Å². The van der Waals surface area contributed by atoms with Crippen molar-refractivity contribution < 1.29 is 4.79 Å². The first-order chi connectivity index (χ1) is 3.31. The average molecular weight is 118 g/mol. The van der Waals surface area contributed by atoms with Crippen molar-refractivity contribution in [2.24, 2.45) is 0 Å². The molecule has 0 spiro atoms. The van der Waals surface area contributed by atoms with E-state index < -0.39 is 0 Å². The first-order valence-corrected chi connectivity index (χ1v) is 3.34. The van der Waals surface area contributed by atoms with Gasteiger partial charge in [0.2, 0.25) is 0 Å². The predicted octanol–water partition coefficient (Wildman–Crippen LogP) is 1.71. The van der Waals surface area contributed by atoms with Gasteiger partial charge >= 0.3 is 0 Å². The predicted molar refractivity (Wildman–Crippen MR) is 34.1 cm³/mol. The van der Waals surface area contributed by atoms with Gasteiger partial charge in [-0.15, -0.1) is 0 Å². The second-order valence-electron chi connectivity index (χ2n) is 1.45. The van der Waals surface area contributed by atoms with Crippen molar-refractivity contribution in [1.82, 2.24) is 0 Å². The van der Waals surface area contributed by atoms with Crippen LogP contribution in [-0.4, -0.2) is 10.9 Å². The number of hydrogen-bond donors (Lipinski definition) is 0. The fourth-order valence-electron chi connectivity index (χ4n) is 0.191. The average Bonchev–Trinajstić information content (AvgIpc) is 1.68. The second kappa shape index (κ2) is 4.19. The first-order valence-electron chi connectivity index (χ1n) is 2.40. The van der Waals surface area contributed by atoms with E-state index in [1.54, 1.807) is 0 Å². The Balaban J connectivity index is 2.98. The minimum atomic E-state index is 0.498. The number of carbonyl (C=O) groups is 1. The highest BCUT2D eigenvalue weighted by Crippen LogP contribution is 2.08. The summed E-state index contributed by atoms with van der Waals surface area (Å²) in [6.45, 7) is 4.11. The SMILES string of the molecule is CCC(C)SC=O. The molecular weight excluding hydrogens is 108 g/mol. The van der Waals surface area contributed by atoms with Crippen LogP contribution < -0.4 is 0 Å². The van der Waals surface area contributed by atoms with E-state index in [-0.39, 0.29) is 0 Å². The molecule has 1 atom stereocenters. The van der Waals surface area contributed by atoms with Crippen molar-refractivity contribution in [3.63, 3.8) is 0 Å². The molecule has 0 aromatic heterocycles. The van der Waals surface area contributed by atoms with Crippen LogP contribution in [0.15, 0.2) is 0 Å². The van der Waals surface area contributed by atoms with Crippen LogP contribution in [0, 0.1) is 0 Å². The van der Waals surface area contributed by atoms with Crippen LogP contribution in [0.2, 0.25) is 0 Å². The van der Waals surface area contributed by atoms with Gasteiger partial charge in [0.25, 0.3) is 0 Å². The molecule has 7 heavy (non-hydrogen) atoms. The second-order valence-corrected chi connectivity index (χ2v) is 2.72. The van der Waals surface area contributed by atoms with Gasteiger partial charge in [-0.1, -0.05) is 25.6 Å². The van der Waals surface area contributed by atoms with E-state index in [1.165, 1.54) is 11.8 Å². The highest BCUT2D eigenvalue weighted by atomic mass is 32.2. The first kappa shape index (κ1) is 7.02. The van der Waals surface area contributed by atoms with E-state index in [1.807, 2.05) is 6.92 Å². The lowest BCUT2D eigenvalue weighted by Gasteiger charge is -1.97. The summed E-state index contributed by atoms with van der Waals surface area (Å²) >= 11 is 1.35. The maximum absolute atomic E-state index is 9.74. The molecule has 0 heterocycles. The molecule has 42 valence electrons. The number of thioether (sulfide) groups is 1. The molecule has 0 aliphatic heterocycles. The van der Waals surface area contributed by atoms with Gasteiger partial charge < -0.3 is 0 Å². The van der Waals surface area contributed by atoms with Crippen LogP contribution >= 0.6 is 11.8 Å². The van der Waals surface area contributed by atoms with Gasteiger partial charge in [0, 0.05) is 5.25 Å². The van der Waals surface area contributed by atoms with E-state index >= 15 is 0 Å². The Morgan fingerprint density at radius 3 is 2.57 bits per heavy atom. The van der Waals surface area contributed by atoms with E-state index in [9.17, 15) is 4.79 Å². The Morgan fingerprint density at radius 2 is 2.43 bits per heavy atom. The zero-order valence-corrected chi connectivity index (χ0v) is 5.49. The molecule has 0 rings (SSSR count). The van der Waals surface area contributed by atoms with E-state index in [4.69, 9.17) is 0 Å². The fraction of sp³-hybridized carbons (Fsp3) is 0.800. The fourth-order valence-corrected chi connectivity index (χ4v) is 0.573. The van der Waals surface area contributed by atoms with Crippen LogP contribution in [0.4, 0.5) is 0 Å².